The first-order chi connectivity index (χ1) is 34.0. The molecule has 3 heterocycles. The van der Waals surface area contributed by atoms with Crippen molar-refractivity contribution in [3.05, 3.63) is 47.6 Å². The second-order valence-electron chi connectivity index (χ2n) is 21.3. The van der Waals surface area contributed by atoms with Gasteiger partial charge in [-0.15, -0.1) is 0 Å². The first kappa shape index (κ1) is 61.4. The highest BCUT2D eigenvalue weighted by Crippen LogP contribution is 2.49. The normalized spacial score (nSPS) is 38.6. The lowest BCUT2D eigenvalue weighted by Crippen LogP contribution is -2.61. The van der Waals surface area contributed by atoms with Crippen LogP contribution in [0, 0.1) is 35.5 Å². The number of Topliss-reactive ketones (excluding diaryl/α,β-unsaturated/α-hetero) is 3. The molecule has 0 aromatic heterocycles. The largest absolute Gasteiger partial charge is 0.460 e. The third-order valence-corrected chi connectivity index (χ3v) is 16.6. The molecule has 2 N–H and O–H groups in total. The summed E-state index contributed by atoms with van der Waals surface area (Å²) in [6.45, 7) is 16.4. The van der Waals surface area contributed by atoms with E-state index in [1.54, 1.807) is 41.1 Å². The van der Waals surface area contributed by atoms with Gasteiger partial charge in [-0.1, -0.05) is 78.0 Å². The topological polar surface area (TPSA) is 211 Å². The van der Waals surface area contributed by atoms with Crippen LogP contribution in [0.1, 0.15) is 139 Å². The summed E-state index contributed by atoms with van der Waals surface area (Å²) in [5.74, 6) is -8.26. The number of carbonyl (C=O) groups excluding carboxylic acids is 5. The third-order valence-electron chi connectivity index (χ3n) is 15.3. The van der Waals surface area contributed by atoms with Gasteiger partial charge in [-0.3, -0.25) is 23.7 Å². The van der Waals surface area contributed by atoms with Crippen molar-refractivity contribution >= 4 is 36.8 Å². The molecular weight excluding hydrogens is 946 g/mol. The smallest absolute Gasteiger partial charge is 0.329 e. The van der Waals surface area contributed by atoms with Crippen LogP contribution in [0.2, 0.25) is 0 Å². The number of allylic oxidation sites excluding steroid dienone is 6. The van der Waals surface area contributed by atoms with Crippen molar-refractivity contribution in [3.8, 4) is 0 Å². The average Bonchev–Trinajstić information content (AvgIpc) is 3.35. The SMILES string of the molecule is CCCOP(C)(=O)O[C@@H]1CC[C@@H](C[C@@H](C)C2CC(=O)[C@H](C)/C=C(\C)[C@@H](O)[C@@H](OC)C(=O)[C@H](C)C[C@H](C)/C=C/C=C/C=C(\C)[C@@H](OC)C[C@@H]3CC[C@@H](C)[C@@](O)(O3)C(=O)C(=O)N3CCCC[C@H]3C(=O)O2)C[C@H]1OC. The molecule has 2 bridgehead atoms. The number of aliphatic hydroxyl groups excluding tert-OH is 1. The molecule has 16 nitrogen and oxygen atoms in total. The van der Waals surface area contributed by atoms with E-state index in [0.717, 1.165) is 5.57 Å². The monoisotopic (exact) mass is 1030 g/mol. The fraction of sp³-hybridized carbons (Fsp3) is 0.764. The quantitative estimate of drug-likeness (QED) is 0.0861. The highest BCUT2D eigenvalue weighted by molar-refractivity contribution is 7.53. The molecule has 4 aliphatic rings. The number of nitrogens with zero attached hydrogens (tertiary/aromatic N) is 1. The minimum absolute atomic E-state index is 0.00646. The van der Waals surface area contributed by atoms with Gasteiger partial charge in [0, 0.05) is 65.1 Å². The summed E-state index contributed by atoms with van der Waals surface area (Å²) in [7, 11) is 1.20. The number of aliphatic hydroxyl groups is 2. The Hall–Kier alpha value is -3.18. The second kappa shape index (κ2) is 28.6. The first-order valence-electron chi connectivity index (χ1n) is 26.4. The minimum Gasteiger partial charge on any atom is -0.460 e. The van der Waals surface area contributed by atoms with Crippen molar-refractivity contribution in [2.24, 2.45) is 35.5 Å². The first-order valence-corrected chi connectivity index (χ1v) is 28.4. The summed E-state index contributed by atoms with van der Waals surface area (Å²) in [4.78, 5) is 72.5. The molecule has 3 fully saturated rings. The van der Waals surface area contributed by atoms with Gasteiger partial charge in [0.15, 0.2) is 5.78 Å². The Kier molecular flexibility index (Phi) is 24.4. The number of hydrogen-bond acceptors (Lipinski definition) is 15. The number of cyclic esters (lactones) is 1. The van der Waals surface area contributed by atoms with E-state index in [0.29, 0.717) is 82.8 Å². The molecule has 1 saturated carbocycles. The number of hydrogen-bond donors (Lipinski definition) is 2. The maximum Gasteiger partial charge on any atom is 0.329 e. The molecule has 1 amide bonds. The molecule has 1 aliphatic carbocycles. The predicted molar refractivity (Wildman–Crippen MR) is 274 cm³/mol. The van der Waals surface area contributed by atoms with Crippen LogP contribution >= 0.6 is 7.60 Å². The van der Waals surface area contributed by atoms with Crippen LogP contribution in [0.4, 0.5) is 0 Å². The lowest BCUT2D eigenvalue weighted by atomic mass is 9.78. The number of amides is 1. The van der Waals surface area contributed by atoms with E-state index in [9.17, 15) is 38.8 Å². The van der Waals surface area contributed by atoms with Gasteiger partial charge in [-0.2, -0.15) is 0 Å². The zero-order valence-corrected chi connectivity index (χ0v) is 46.1. The molecule has 4 rings (SSSR count). The maximum atomic E-state index is 14.5. The van der Waals surface area contributed by atoms with Crippen LogP contribution < -0.4 is 0 Å². The predicted octanol–water partition coefficient (Wildman–Crippen LogP) is 8.45. The average molecular weight is 1030 g/mol. The molecule has 17 heteroatoms. The van der Waals surface area contributed by atoms with Gasteiger partial charge in [0.1, 0.15) is 30.1 Å². The second-order valence-corrected chi connectivity index (χ2v) is 23.3. The van der Waals surface area contributed by atoms with Crippen LogP contribution in [0.25, 0.3) is 0 Å². The highest BCUT2D eigenvalue weighted by Gasteiger charge is 2.53. The van der Waals surface area contributed by atoms with E-state index < -0.39 is 103 Å². The number of rotatable bonds is 11. The Morgan fingerprint density at radius 3 is 2.26 bits per heavy atom. The van der Waals surface area contributed by atoms with Gasteiger partial charge >= 0.3 is 13.6 Å². The van der Waals surface area contributed by atoms with Crippen molar-refractivity contribution < 1.29 is 71.5 Å². The third kappa shape index (κ3) is 16.9. The van der Waals surface area contributed by atoms with Gasteiger partial charge in [-0.05, 0) is 113 Å². The van der Waals surface area contributed by atoms with Crippen LogP contribution in [0.3, 0.4) is 0 Å². The Bertz CT molecular complexity index is 2000. The number of fused-ring (bicyclic) bond motifs is 3. The van der Waals surface area contributed by atoms with Gasteiger partial charge in [-0.25, -0.2) is 4.79 Å². The number of piperidine rings is 1. The van der Waals surface area contributed by atoms with E-state index in [1.165, 1.54) is 18.7 Å². The Balaban J connectivity index is 1.69. The minimum atomic E-state index is -3.33. The van der Waals surface area contributed by atoms with Crippen LogP contribution in [-0.4, -0.2) is 140 Å². The summed E-state index contributed by atoms with van der Waals surface area (Å²) in [6, 6.07) is -1.17. The molecular formula is C55H88NO15P. The van der Waals surface area contributed by atoms with E-state index in [2.05, 4.69) is 0 Å². The van der Waals surface area contributed by atoms with E-state index in [-0.39, 0.29) is 42.8 Å². The summed E-state index contributed by atoms with van der Waals surface area (Å²) in [5, 5.41) is 23.5. The molecule has 0 aromatic carbocycles. The van der Waals surface area contributed by atoms with Gasteiger partial charge < -0.3 is 47.8 Å². The van der Waals surface area contributed by atoms with Crippen LogP contribution in [-0.2, 0) is 61.3 Å². The molecule has 72 heavy (non-hydrogen) atoms. The zero-order chi connectivity index (χ0) is 53.5. The van der Waals surface area contributed by atoms with E-state index in [4.69, 9.17) is 32.7 Å². The van der Waals surface area contributed by atoms with Gasteiger partial charge in [0.2, 0.25) is 5.79 Å². The van der Waals surface area contributed by atoms with E-state index >= 15 is 0 Å². The van der Waals surface area contributed by atoms with Crippen LogP contribution in [0.15, 0.2) is 47.6 Å². The number of ether oxygens (including phenoxy) is 5. The lowest BCUT2D eigenvalue weighted by molar-refractivity contribution is -0.265. The molecule has 16 atom stereocenters. The molecule has 408 valence electrons. The molecule has 2 unspecified atom stereocenters. The number of carbonyl (C=O) groups is 5. The molecule has 3 aliphatic heterocycles. The Labute approximate surface area is 429 Å². The Morgan fingerprint density at radius 2 is 1.60 bits per heavy atom. The van der Waals surface area contributed by atoms with Crippen molar-refractivity contribution in [3.63, 3.8) is 0 Å². The van der Waals surface area contributed by atoms with Crippen molar-refractivity contribution in [2.45, 2.75) is 193 Å². The standard InChI is InChI=1S/C55H88NO15P/c1-13-27-68-72(12,64)71-45-25-23-41(31-48(45)66-10)30-37(5)47-33-44(57)36(4)29-39(7)50(59)51(67-11)49(58)38(6)28-34(2)19-15-14-16-20-35(3)46(65-9)32-42-24-22-40(8)55(63,70-42)52(60)53(61)56-26-18-17-21-43(56)54(62)69-47/h14-16,19-20,29,34,36-38,40-43,45-48,50-51,59,63H,13,17-18,21-28,30-33H2,1-12H3/b16-14+,19-15+,35-20+,39-29+/t34-,36-,37-,38-,40-,41+,42+,43+,45-,46+,47?,48-,50-,51+,55-,72?/m1/s1. The Morgan fingerprint density at radius 1 is 0.875 bits per heavy atom. The number of methoxy groups -OCH3 is 3. The summed E-state index contributed by atoms with van der Waals surface area (Å²) in [5.41, 5.74) is 1.25. The molecule has 0 spiro atoms. The van der Waals surface area contributed by atoms with Gasteiger partial charge in [0.25, 0.3) is 11.7 Å². The summed E-state index contributed by atoms with van der Waals surface area (Å²) < 4.78 is 54.4. The zero-order valence-electron chi connectivity index (χ0n) is 45.2. The molecule has 0 radical (unpaired) electrons. The van der Waals surface area contributed by atoms with Gasteiger partial charge in [0.05, 0.1) is 31.0 Å². The highest BCUT2D eigenvalue weighted by atomic mass is 31.2. The fourth-order valence-electron chi connectivity index (χ4n) is 10.8. The lowest BCUT2D eigenvalue weighted by Gasteiger charge is -2.42. The van der Waals surface area contributed by atoms with Crippen LogP contribution in [0.5, 0.6) is 0 Å². The van der Waals surface area contributed by atoms with Crippen molar-refractivity contribution in [1.82, 2.24) is 4.90 Å². The number of ketones is 3. The van der Waals surface area contributed by atoms with Crippen molar-refractivity contribution in [1.29, 1.82) is 0 Å². The molecule has 0 aromatic rings. The summed E-state index contributed by atoms with van der Waals surface area (Å²) in [6.07, 6.45) is 11.5. The number of esters is 1. The van der Waals surface area contributed by atoms with E-state index in [1.807, 2.05) is 65.0 Å². The maximum absolute atomic E-state index is 14.5. The summed E-state index contributed by atoms with van der Waals surface area (Å²) >= 11 is 0. The molecule has 2 saturated heterocycles. The van der Waals surface area contributed by atoms with Crippen molar-refractivity contribution in [2.75, 3.05) is 41.1 Å². The fourth-order valence-corrected chi connectivity index (χ4v) is 12.1.